The van der Waals surface area contributed by atoms with Gasteiger partial charge in [-0.25, -0.2) is 8.42 Å². The molecule has 0 bridgehead atoms. The van der Waals surface area contributed by atoms with Crippen molar-refractivity contribution in [2.45, 2.75) is 17.7 Å². The molecule has 0 aromatic heterocycles. The molecule has 0 saturated heterocycles. The van der Waals surface area contributed by atoms with Gasteiger partial charge in [-0.2, -0.15) is 0 Å². The molecule has 1 N–H and O–H groups in total. The molecule has 27 heavy (non-hydrogen) atoms. The number of benzene rings is 3. The van der Waals surface area contributed by atoms with E-state index in [9.17, 15) is 8.42 Å². The van der Waals surface area contributed by atoms with Gasteiger partial charge in [-0.15, -0.1) is 0 Å². The molecule has 0 amide bonds. The summed E-state index contributed by atoms with van der Waals surface area (Å²) < 4.78 is 27.5. The van der Waals surface area contributed by atoms with E-state index in [1.54, 1.807) is 48.5 Å². The van der Waals surface area contributed by atoms with Gasteiger partial charge in [0.05, 0.1) is 4.90 Å². The number of para-hydroxylation sites is 1. The Hall–Kier alpha value is -2.21. The van der Waals surface area contributed by atoms with E-state index >= 15 is 0 Å². The van der Waals surface area contributed by atoms with Gasteiger partial charge in [0.15, 0.2) is 0 Å². The zero-order valence-corrected chi connectivity index (χ0v) is 16.8. The summed E-state index contributed by atoms with van der Waals surface area (Å²) in [5.41, 5.74) is 2.57. The fourth-order valence-electron chi connectivity index (χ4n) is 2.67. The third-order valence-corrected chi connectivity index (χ3v) is 5.87. The Morgan fingerprint density at radius 3 is 2.19 bits per heavy atom. The lowest BCUT2D eigenvalue weighted by molar-refractivity contribution is 0.601. The van der Waals surface area contributed by atoms with Gasteiger partial charge in [0.2, 0.25) is 0 Å². The topological polar surface area (TPSA) is 46.2 Å². The van der Waals surface area contributed by atoms with Crippen molar-refractivity contribution in [2.24, 2.45) is 0 Å². The predicted octanol–water partition coefficient (Wildman–Crippen LogP) is 5.30. The molecule has 3 aromatic rings. The first-order chi connectivity index (χ1) is 12.9. The van der Waals surface area contributed by atoms with E-state index in [4.69, 9.17) is 23.8 Å². The first-order valence-corrected chi connectivity index (χ1v) is 10.6. The van der Waals surface area contributed by atoms with Gasteiger partial charge in [-0.05, 0) is 47.5 Å². The number of halogens is 1. The van der Waals surface area contributed by atoms with Gasteiger partial charge in [-0.3, -0.25) is 4.72 Å². The molecule has 0 saturated carbocycles. The summed E-state index contributed by atoms with van der Waals surface area (Å²) in [5.74, 6) is 0. The number of hydrogen-bond acceptors (Lipinski definition) is 3. The van der Waals surface area contributed by atoms with Crippen LogP contribution in [0.3, 0.4) is 0 Å². The standard InChI is InChI=1S/C21H18ClNO2S2/c22-18-6-4-5-17(13-18)15-20(26)14-16-9-11-21(12-10-16)27(24,25)23-19-7-2-1-3-8-19/h1-13,23H,14-15H2. The Kier molecular flexibility index (Phi) is 6.26. The highest BCUT2D eigenvalue weighted by atomic mass is 35.5. The largest absolute Gasteiger partial charge is 0.280 e. The lowest BCUT2D eigenvalue weighted by Gasteiger charge is -2.09. The monoisotopic (exact) mass is 415 g/mol. The third kappa shape index (κ3) is 5.63. The van der Waals surface area contributed by atoms with E-state index in [0.717, 1.165) is 16.0 Å². The van der Waals surface area contributed by atoms with Gasteiger partial charge in [0.1, 0.15) is 0 Å². The summed E-state index contributed by atoms with van der Waals surface area (Å²) in [4.78, 5) is 1.09. The summed E-state index contributed by atoms with van der Waals surface area (Å²) in [5, 5.41) is 0.691. The Morgan fingerprint density at radius 1 is 0.852 bits per heavy atom. The van der Waals surface area contributed by atoms with E-state index in [2.05, 4.69) is 4.72 Å². The summed E-state index contributed by atoms with van der Waals surface area (Å²) in [6.07, 6.45) is 1.26. The average Bonchev–Trinajstić information content (AvgIpc) is 2.62. The van der Waals surface area contributed by atoms with E-state index in [1.807, 2.05) is 30.3 Å². The second-order valence-corrected chi connectivity index (χ2v) is 8.83. The zero-order valence-electron chi connectivity index (χ0n) is 14.4. The molecule has 0 heterocycles. The Labute approximate surface area is 170 Å². The smallest absolute Gasteiger partial charge is 0.261 e. The molecule has 0 spiro atoms. The summed E-state index contributed by atoms with van der Waals surface area (Å²) in [6, 6.07) is 23.2. The zero-order chi connectivity index (χ0) is 19.3. The van der Waals surface area contributed by atoms with Crippen molar-refractivity contribution >= 4 is 44.4 Å². The van der Waals surface area contributed by atoms with Crippen LogP contribution < -0.4 is 4.72 Å². The molecular weight excluding hydrogens is 398 g/mol. The molecule has 0 radical (unpaired) electrons. The fourth-order valence-corrected chi connectivity index (χ4v) is 4.28. The van der Waals surface area contributed by atoms with Gasteiger partial charge >= 0.3 is 0 Å². The molecule has 3 nitrogen and oxygen atoms in total. The van der Waals surface area contributed by atoms with E-state index in [1.165, 1.54) is 0 Å². The molecule has 3 aromatic carbocycles. The molecular formula is C21H18ClNO2S2. The summed E-state index contributed by atoms with van der Waals surface area (Å²) in [7, 11) is -3.61. The number of sulfonamides is 1. The number of rotatable bonds is 7. The second kappa shape index (κ2) is 8.65. The van der Waals surface area contributed by atoms with Crippen molar-refractivity contribution in [3.63, 3.8) is 0 Å². The van der Waals surface area contributed by atoms with Gasteiger partial charge in [-0.1, -0.05) is 66.3 Å². The molecule has 138 valence electrons. The minimum absolute atomic E-state index is 0.218. The van der Waals surface area contributed by atoms with Crippen molar-refractivity contribution in [2.75, 3.05) is 4.72 Å². The highest BCUT2D eigenvalue weighted by molar-refractivity contribution is 7.92. The second-order valence-electron chi connectivity index (χ2n) is 6.14. The van der Waals surface area contributed by atoms with E-state index < -0.39 is 10.0 Å². The minimum Gasteiger partial charge on any atom is -0.280 e. The highest BCUT2D eigenvalue weighted by Crippen LogP contribution is 2.17. The molecule has 0 unspecified atom stereocenters. The van der Waals surface area contributed by atoms with Crippen molar-refractivity contribution in [1.82, 2.24) is 0 Å². The maximum atomic E-state index is 12.5. The Bertz CT molecular complexity index is 1030. The van der Waals surface area contributed by atoms with E-state index in [-0.39, 0.29) is 4.90 Å². The van der Waals surface area contributed by atoms with Gasteiger partial charge in [0.25, 0.3) is 10.0 Å². The van der Waals surface area contributed by atoms with Crippen LogP contribution >= 0.6 is 23.8 Å². The van der Waals surface area contributed by atoms with Crippen LogP contribution in [0.5, 0.6) is 0 Å². The molecule has 0 fully saturated rings. The predicted molar refractivity (Wildman–Crippen MR) is 115 cm³/mol. The molecule has 0 aliphatic heterocycles. The maximum Gasteiger partial charge on any atom is 0.261 e. The SMILES string of the molecule is O=S(=O)(Nc1ccccc1)c1ccc(CC(=S)Cc2cccc(Cl)c2)cc1. The number of anilines is 1. The van der Waals surface area contributed by atoms with Crippen molar-refractivity contribution < 1.29 is 8.42 Å². The van der Waals surface area contributed by atoms with Crippen molar-refractivity contribution in [3.05, 3.63) is 95.0 Å². The van der Waals surface area contributed by atoms with Gasteiger partial charge in [0, 0.05) is 28.4 Å². The van der Waals surface area contributed by atoms with Crippen LogP contribution in [-0.4, -0.2) is 13.3 Å². The number of nitrogens with one attached hydrogen (secondary N) is 1. The lowest BCUT2D eigenvalue weighted by Crippen LogP contribution is -2.13. The van der Waals surface area contributed by atoms with Crippen molar-refractivity contribution in [3.8, 4) is 0 Å². The third-order valence-electron chi connectivity index (χ3n) is 3.95. The minimum atomic E-state index is -3.61. The van der Waals surface area contributed by atoms with Crippen molar-refractivity contribution in [1.29, 1.82) is 0 Å². The van der Waals surface area contributed by atoms with E-state index in [0.29, 0.717) is 23.6 Å². The lowest BCUT2D eigenvalue weighted by atomic mass is 10.0. The van der Waals surface area contributed by atoms with Gasteiger partial charge < -0.3 is 0 Å². The maximum absolute atomic E-state index is 12.5. The normalized spacial score (nSPS) is 11.1. The highest BCUT2D eigenvalue weighted by Gasteiger charge is 2.14. The number of hydrogen-bond donors (Lipinski definition) is 1. The van der Waals surface area contributed by atoms with Crippen LogP contribution in [0.15, 0.2) is 83.8 Å². The van der Waals surface area contributed by atoms with Crippen LogP contribution in [0.1, 0.15) is 11.1 Å². The summed E-state index contributed by atoms with van der Waals surface area (Å²) in [6.45, 7) is 0. The van der Waals surface area contributed by atoms with Crippen LogP contribution in [0.2, 0.25) is 5.02 Å². The molecule has 0 aliphatic rings. The molecule has 3 rings (SSSR count). The molecule has 6 heteroatoms. The average molecular weight is 416 g/mol. The molecule has 0 atom stereocenters. The fraction of sp³-hybridized carbons (Fsp3) is 0.0952. The Balaban J connectivity index is 1.65. The quantitative estimate of drug-likeness (QED) is 0.533. The van der Waals surface area contributed by atoms with Crippen LogP contribution in [0.25, 0.3) is 0 Å². The molecule has 0 aliphatic carbocycles. The number of thiocarbonyl (C=S) groups is 1. The summed E-state index contributed by atoms with van der Waals surface area (Å²) >= 11 is 11.5. The van der Waals surface area contributed by atoms with Crippen LogP contribution in [0, 0.1) is 0 Å². The Morgan fingerprint density at radius 2 is 1.52 bits per heavy atom. The first kappa shape index (κ1) is 19.5. The first-order valence-electron chi connectivity index (χ1n) is 8.35. The van der Waals surface area contributed by atoms with Crippen LogP contribution in [0.4, 0.5) is 5.69 Å². The van der Waals surface area contributed by atoms with Crippen LogP contribution in [-0.2, 0) is 22.9 Å².